The Morgan fingerprint density at radius 1 is 1.33 bits per heavy atom. The van der Waals surface area contributed by atoms with E-state index in [9.17, 15) is 0 Å². The largest absolute Gasteiger partial charge is 0.330 e. The fraction of sp³-hybridized carbons (Fsp3) is 0.750. The minimum absolute atomic E-state index is 0.546. The van der Waals surface area contributed by atoms with Crippen LogP contribution in [0.2, 0.25) is 0 Å². The van der Waals surface area contributed by atoms with Crippen molar-refractivity contribution in [1.29, 1.82) is 0 Å². The van der Waals surface area contributed by atoms with Gasteiger partial charge >= 0.3 is 0 Å². The Bertz CT molecular complexity index is 231. The lowest BCUT2D eigenvalue weighted by Crippen LogP contribution is -2.20. The van der Waals surface area contributed by atoms with Crippen LogP contribution in [-0.4, -0.2) is 21.3 Å². The lowest BCUT2D eigenvalue weighted by molar-refractivity contribution is 0.386. The van der Waals surface area contributed by atoms with Gasteiger partial charge in [-0.1, -0.05) is 6.42 Å². The van der Waals surface area contributed by atoms with Crippen molar-refractivity contribution in [2.75, 3.05) is 6.54 Å². The smallest absolute Gasteiger partial charge is 0.119 e. The highest BCUT2D eigenvalue weighted by molar-refractivity contribution is 4.84. The second-order valence-corrected chi connectivity index (χ2v) is 3.40. The first-order valence-electron chi connectivity index (χ1n) is 4.46. The first-order chi connectivity index (χ1) is 5.92. The van der Waals surface area contributed by atoms with Crippen LogP contribution in [0.5, 0.6) is 0 Å². The molecule has 1 saturated carbocycles. The molecular weight excluding hydrogens is 152 g/mol. The van der Waals surface area contributed by atoms with Gasteiger partial charge in [0.15, 0.2) is 0 Å². The molecule has 0 spiro atoms. The van der Waals surface area contributed by atoms with Crippen LogP contribution in [0.25, 0.3) is 0 Å². The van der Waals surface area contributed by atoms with Crippen molar-refractivity contribution in [3.63, 3.8) is 0 Å². The highest BCUT2D eigenvalue weighted by Gasteiger charge is 2.26. The summed E-state index contributed by atoms with van der Waals surface area (Å²) in [7, 11) is 0. The Morgan fingerprint density at radius 2 is 2.08 bits per heavy atom. The molecule has 12 heavy (non-hydrogen) atoms. The molecule has 1 aliphatic rings. The molecule has 0 aliphatic heterocycles. The van der Waals surface area contributed by atoms with Crippen molar-refractivity contribution in [2.24, 2.45) is 11.7 Å². The molecule has 0 aromatic carbocycles. The van der Waals surface area contributed by atoms with Gasteiger partial charge in [-0.15, -0.1) is 10.2 Å². The zero-order valence-corrected chi connectivity index (χ0v) is 7.06. The maximum absolute atomic E-state index is 5.68. The SMILES string of the molecule is NCC1CCCC1n1cnnc1. The van der Waals surface area contributed by atoms with E-state index in [0.29, 0.717) is 12.0 Å². The predicted molar refractivity (Wildman–Crippen MR) is 45.5 cm³/mol. The van der Waals surface area contributed by atoms with Gasteiger partial charge in [-0.2, -0.15) is 0 Å². The minimum Gasteiger partial charge on any atom is -0.330 e. The summed E-state index contributed by atoms with van der Waals surface area (Å²) in [6, 6.07) is 0.546. The lowest BCUT2D eigenvalue weighted by Gasteiger charge is -2.17. The fourth-order valence-corrected chi connectivity index (χ4v) is 2.06. The second-order valence-electron chi connectivity index (χ2n) is 3.40. The minimum atomic E-state index is 0.546. The van der Waals surface area contributed by atoms with Crippen molar-refractivity contribution < 1.29 is 0 Å². The summed E-state index contributed by atoms with van der Waals surface area (Å²) in [4.78, 5) is 0. The molecule has 2 rings (SSSR count). The summed E-state index contributed by atoms with van der Waals surface area (Å²) in [5.74, 6) is 0.626. The molecule has 1 aromatic rings. The Hall–Kier alpha value is -0.900. The van der Waals surface area contributed by atoms with E-state index in [1.807, 2.05) is 0 Å². The first-order valence-corrected chi connectivity index (χ1v) is 4.46. The fourth-order valence-electron chi connectivity index (χ4n) is 2.06. The standard InChI is InChI=1S/C8H14N4/c9-4-7-2-1-3-8(7)12-5-10-11-6-12/h5-8H,1-4,9H2. The summed E-state index contributed by atoms with van der Waals surface area (Å²) in [5.41, 5.74) is 5.68. The van der Waals surface area contributed by atoms with Gasteiger partial charge in [0, 0.05) is 6.04 Å². The number of nitrogens with zero attached hydrogens (tertiary/aromatic N) is 3. The maximum Gasteiger partial charge on any atom is 0.119 e. The Morgan fingerprint density at radius 3 is 2.75 bits per heavy atom. The summed E-state index contributed by atoms with van der Waals surface area (Å²) < 4.78 is 2.09. The van der Waals surface area contributed by atoms with Crippen LogP contribution in [0.15, 0.2) is 12.7 Å². The van der Waals surface area contributed by atoms with Crippen LogP contribution >= 0.6 is 0 Å². The van der Waals surface area contributed by atoms with Crippen LogP contribution < -0.4 is 5.73 Å². The Balaban J connectivity index is 2.13. The quantitative estimate of drug-likeness (QED) is 0.699. The average Bonchev–Trinajstić information content (AvgIpc) is 2.74. The normalized spacial score (nSPS) is 29.4. The molecule has 66 valence electrons. The van der Waals surface area contributed by atoms with Crippen LogP contribution in [0, 0.1) is 5.92 Å². The monoisotopic (exact) mass is 166 g/mol. The van der Waals surface area contributed by atoms with Crippen LogP contribution in [0.4, 0.5) is 0 Å². The van der Waals surface area contributed by atoms with Crippen molar-refractivity contribution in [1.82, 2.24) is 14.8 Å². The number of nitrogens with two attached hydrogens (primary N) is 1. The third-order valence-electron chi connectivity index (χ3n) is 2.74. The molecule has 4 heteroatoms. The van der Waals surface area contributed by atoms with Gasteiger partial charge in [0.05, 0.1) is 0 Å². The Kier molecular flexibility index (Phi) is 2.08. The maximum atomic E-state index is 5.68. The molecule has 1 fully saturated rings. The molecule has 4 nitrogen and oxygen atoms in total. The molecule has 2 N–H and O–H groups in total. The molecule has 1 heterocycles. The number of hydrogen-bond donors (Lipinski definition) is 1. The van der Waals surface area contributed by atoms with Gasteiger partial charge < -0.3 is 10.3 Å². The van der Waals surface area contributed by atoms with Crippen molar-refractivity contribution in [2.45, 2.75) is 25.3 Å². The summed E-state index contributed by atoms with van der Waals surface area (Å²) in [5, 5.41) is 7.62. The van der Waals surface area contributed by atoms with Crippen LogP contribution in [-0.2, 0) is 0 Å². The molecule has 1 aliphatic carbocycles. The van der Waals surface area contributed by atoms with E-state index in [2.05, 4.69) is 14.8 Å². The molecule has 0 radical (unpaired) electrons. The van der Waals surface area contributed by atoms with Crippen molar-refractivity contribution in [3.05, 3.63) is 12.7 Å². The van der Waals surface area contributed by atoms with Crippen molar-refractivity contribution in [3.8, 4) is 0 Å². The molecule has 2 atom stereocenters. The molecule has 2 unspecified atom stereocenters. The summed E-state index contributed by atoms with van der Waals surface area (Å²) in [6.45, 7) is 0.781. The topological polar surface area (TPSA) is 56.7 Å². The molecule has 1 aromatic heterocycles. The van der Waals surface area contributed by atoms with E-state index in [-0.39, 0.29) is 0 Å². The highest BCUT2D eigenvalue weighted by Crippen LogP contribution is 2.34. The summed E-state index contributed by atoms with van der Waals surface area (Å²) >= 11 is 0. The lowest BCUT2D eigenvalue weighted by atomic mass is 10.0. The molecular formula is C8H14N4. The van der Waals surface area contributed by atoms with E-state index in [4.69, 9.17) is 5.73 Å². The second kappa shape index (κ2) is 3.23. The average molecular weight is 166 g/mol. The molecule has 0 bridgehead atoms. The van der Waals surface area contributed by atoms with E-state index in [1.54, 1.807) is 12.7 Å². The van der Waals surface area contributed by atoms with Crippen LogP contribution in [0.3, 0.4) is 0 Å². The molecule has 0 saturated heterocycles. The third-order valence-corrected chi connectivity index (χ3v) is 2.74. The first kappa shape index (κ1) is 7.73. The van der Waals surface area contributed by atoms with Gasteiger partial charge in [-0.3, -0.25) is 0 Å². The van der Waals surface area contributed by atoms with E-state index < -0.39 is 0 Å². The van der Waals surface area contributed by atoms with E-state index in [1.165, 1.54) is 19.3 Å². The van der Waals surface area contributed by atoms with Gasteiger partial charge in [0.1, 0.15) is 12.7 Å². The zero-order chi connectivity index (χ0) is 8.39. The number of hydrogen-bond acceptors (Lipinski definition) is 3. The highest BCUT2D eigenvalue weighted by atomic mass is 15.2. The number of rotatable bonds is 2. The van der Waals surface area contributed by atoms with E-state index >= 15 is 0 Å². The van der Waals surface area contributed by atoms with Gasteiger partial charge in [-0.05, 0) is 25.3 Å². The van der Waals surface area contributed by atoms with Crippen LogP contribution in [0.1, 0.15) is 25.3 Å². The van der Waals surface area contributed by atoms with Gasteiger partial charge in [0.25, 0.3) is 0 Å². The summed E-state index contributed by atoms with van der Waals surface area (Å²) in [6.07, 6.45) is 7.33. The third kappa shape index (κ3) is 1.22. The Labute approximate surface area is 71.8 Å². The zero-order valence-electron chi connectivity index (χ0n) is 7.06. The van der Waals surface area contributed by atoms with E-state index in [0.717, 1.165) is 6.54 Å². The van der Waals surface area contributed by atoms with Gasteiger partial charge in [0.2, 0.25) is 0 Å². The predicted octanol–water partition coefficient (Wildman–Crippen LogP) is 0.578. The molecule has 0 amide bonds. The number of aromatic nitrogens is 3. The van der Waals surface area contributed by atoms with Gasteiger partial charge in [-0.25, -0.2) is 0 Å². The van der Waals surface area contributed by atoms with Crippen molar-refractivity contribution >= 4 is 0 Å².